The summed E-state index contributed by atoms with van der Waals surface area (Å²) in [5.41, 5.74) is 10.4. The van der Waals surface area contributed by atoms with E-state index in [1.165, 1.54) is 6.42 Å². The van der Waals surface area contributed by atoms with Crippen molar-refractivity contribution < 1.29 is 4.79 Å². The normalized spacial score (nSPS) is 13.2. The Morgan fingerprint density at radius 2 is 2.08 bits per heavy atom. The number of nitrogens with two attached hydrogens (primary N) is 2. The second kappa shape index (κ2) is 6.86. The van der Waals surface area contributed by atoms with Crippen LogP contribution < -0.4 is 16.8 Å². The van der Waals surface area contributed by atoms with Gasteiger partial charge in [0, 0.05) is 6.54 Å². The van der Waals surface area contributed by atoms with Crippen molar-refractivity contribution in [2.45, 2.75) is 32.7 Å². The van der Waals surface area contributed by atoms with Crippen molar-refractivity contribution in [3.63, 3.8) is 0 Å². The topological polar surface area (TPSA) is 81.1 Å². The number of nitrogens with one attached hydrogen (secondary N) is 1. The van der Waals surface area contributed by atoms with E-state index in [2.05, 4.69) is 19.2 Å². The molecule has 0 aromatic heterocycles. The summed E-state index contributed by atoms with van der Waals surface area (Å²) < 4.78 is 0. The average Bonchev–Trinajstić information content (AvgIpc) is 2.02. The molecule has 0 heterocycles. The number of primary amides is 1. The quantitative estimate of drug-likeness (QED) is 0.484. The van der Waals surface area contributed by atoms with E-state index in [1.54, 1.807) is 0 Å². The van der Waals surface area contributed by atoms with E-state index in [9.17, 15) is 4.79 Å². The Bertz CT molecular complexity index is 148. The van der Waals surface area contributed by atoms with Crippen LogP contribution in [-0.4, -0.2) is 25.0 Å². The summed E-state index contributed by atoms with van der Waals surface area (Å²) in [4.78, 5) is 10.5. The highest BCUT2D eigenvalue weighted by Gasteiger charge is 2.06. The number of rotatable bonds is 7. The van der Waals surface area contributed by atoms with E-state index < -0.39 is 11.9 Å². The zero-order chi connectivity index (χ0) is 10.3. The first kappa shape index (κ1) is 12.4. The van der Waals surface area contributed by atoms with Gasteiger partial charge in [0.25, 0.3) is 0 Å². The van der Waals surface area contributed by atoms with Crippen molar-refractivity contribution in [1.29, 1.82) is 0 Å². The van der Waals surface area contributed by atoms with Crippen LogP contribution in [0.4, 0.5) is 0 Å². The predicted octanol–water partition coefficient (Wildman–Crippen LogP) is -0.175. The summed E-state index contributed by atoms with van der Waals surface area (Å²) in [5.74, 6) is 0.281. The molecule has 0 saturated heterocycles. The van der Waals surface area contributed by atoms with Crippen LogP contribution in [0.25, 0.3) is 0 Å². The molecular weight excluding hydrogens is 166 g/mol. The Kier molecular flexibility index (Phi) is 6.54. The molecule has 0 aromatic rings. The summed E-state index contributed by atoms with van der Waals surface area (Å²) in [5, 5.41) is 3.10. The summed E-state index contributed by atoms with van der Waals surface area (Å²) in [7, 11) is 0. The fourth-order valence-electron chi connectivity index (χ4n) is 0.993. The van der Waals surface area contributed by atoms with Crippen LogP contribution in [0.3, 0.4) is 0 Å². The lowest BCUT2D eigenvalue weighted by Gasteiger charge is -2.09. The predicted molar refractivity (Wildman–Crippen MR) is 54.1 cm³/mol. The maximum Gasteiger partial charge on any atom is 0.235 e. The van der Waals surface area contributed by atoms with Crippen LogP contribution in [0.1, 0.15) is 26.7 Å². The van der Waals surface area contributed by atoms with E-state index >= 15 is 0 Å². The lowest BCUT2D eigenvalue weighted by atomic mass is 10.1. The Labute approximate surface area is 80.0 Å². The van der Waals surface area contributed by atoms with Crippen LogP contribution in [0.15, 0.2) is 0 Å². The standard InChI is InChI=1S/C9H21N3O/c1-7(2)4-3-5-12-6-8(10)9(11)13/h7-8,12H,3-6,10H2,1-2H3,(H2,11,13). The van der Waals surface area contributed by atoms with E-state index in [1.807, 2.05) is 0 Å². The van der Waals surface area contributed by atoms with Crippen molar-refractivity contribution in [1.82, 2.24) is 5.32 Å². The number of carbonyl (C=O) groups excluding carboxylic acids is 1. The van der Waals surface area contributed by atoms with Gasteiger partial charge in [0.05, 0.1) is 6.04 Å². The second-order valence-corrected chi connectivity index (χ2v) is 3.75. The number of hydrogen-bond donors (Lipinski definition) is 3. The summed E-state index contributed by atoms with van der Waals surface area (Å²) in [6.07, 6.45) is 2.31. The minimum absolute atomic E-state index is 0.448. The molecule has 13 heavy (non-hydrogen) atoms. The molecule has 0 bridgehead atoms. The number of amides is 1. The second-order valence-electron chi connectivity index (χ2n) is 3.75. The van der Waals surface area contributed by atoms with Crippen molar-refractivity contribution in [3.8, 4) is 0 Å². The van der Waals surface area contributed by atoms with Crippen molar-refractivity contribution >= 4 is 5.91 Å². The van der Waals surface area contributed by atoms with Gasteiger partial charge in [0.1, 0.15) is 0 Å². The minimum Gasteiger partial charge on any atom is -0.368 e. The zero-order valence-corrected chi connectivity index (χ0v) is 8.55. The van der Waals surface area contributed by atoms with Crippen LogP contribution >= 0.6 is 0 Å². The van der Waals surface area contributed by atoms with Gasteiger partial charge in [-0.25, -0.2) is 0 Å². The molecule has 0 radical (unpaired) electrons. The Morgan fingerprint density at radius 1 is 1.46 bits per heavy atom. The Balaban J connectivity index is 3.21. The van der Waals surface area contributed by atoms with Gasteiger partial charge in [0.2, 0.25) is 5.91 Å². The molecule has 0 saturated carbocycles. The van der Waals surface area contributed by atoms with Gasteiger partial charge in [-0.2, -0.15) is 0 Å². The van der Waals surface area contributed by atoms with Crippen LogP contribution in [0.2, 0.25) is 0 Å². The van der Waals surface area contributed by atoms with E-state index in [0.717, 1.165) is 18.9 Å². The summed E-state index contributed by atoms with van der Waals surface area (Å²) in [6.45, 7) is 5.76. The maximum absolute atomic E-state index is 10.5. The molecule has 1 amide bonds. The van der Waals surface area contributed by atoms with Crippen LogP contribution in [-0.2, 0) is 4.79 Å². The average molecular weight is 187 g/mol. The zero-order valence-electron chi connectivity index (χ0n) is 8.55. The van der Waals surface area contributed by atoms with Crippen molar-refractivity contribution in [3.05, 3.63) is 0 Å². The van der Waals surface area contributed by atoms with Crippen LogP contribution in [0, 0.1) is 5.92 Å². The maximum atomic E-state index is 10.5. The molecule has 0 fully saturated rings. The Hall–Kier alpha value is -0.610. The van der Waals surface area contributed by atoms with Gasteiger partial charge in [-0.1, -0.05) is 13.8 Å². The van der Waals surface area contributed by atoms with Crippen molar-refractivity contribution in [2.24, 2.45) is 17.4 Å². The number of carbonyl (C=O) groups is 1. The minimum atomic E-state index is -0.556. The molecule has 0 aliphatic heterocycles. The SMILES string of the molecule is CC(C)CCCNCC(N)C(N)=O. The van der Waals surface area contributed by atoms with Gasteiger partial charge in [-0.05, 0) is 25.3 Å². The first-order valence-corrected chi connectivity index (χ1v) is 4.79. The molecule has 0 aliphatic rings. The first-order chi connectivity index (χ1) is 6.04. The molecular formula is C9H21N3O. The molecule has 5 N–H and O–H groups in total. The lowest BCUT2D eigenvalue weighted by molar-refractivity contribution is -0.119. The third-order valence-electron chi connectivity index (χ3n) is 1.86. The molecule has 0 rings (SSSR count). The fourth-order valence-corrected chi connectivity index (χ4v) is 0.993. The van der Waals surface area contributed by atoms with E-state index in [-0.39, 0.29) is 0 Å². The lowest BCUT2D eigenvalue weighted by Crippen LogP contribution is -2.44. The summed E-state index contributed by atoms with van der Waals surface area (Å²) in [6, 6.07) is -0.556. The molecule has 1 atom stereocenters. The highest BCUT2D eigenvalue weighted by atomic mass is 16.1. The largest absolute Gasteiger partial charge is 0.368 e. The molecule has 0 aliphatic carbocycles. The fraction of sp³-hybridized carbons (Fsp3) is 0.889. The van der Waals surface area contributed by atoms with Gasteiger partial charge < -0.3 is 16.8 Å². The van der Waals surface area contributed by atoms with Gasteiger partial charge in [-0.15, -0.1) is 0 Å². The number of hydrogen-bond acceptors (Lipinski definition) is 3. The van der Waals surface area contributed by atoms with Crippen LogP contribution in [0.5, 0.6) is 0 Å². The summed E-state index contributed by atoms with van der Waals surface area (Å²) >= 11 is 0. The third-order valence-corrected chi connectivity index (χ3v) is 1.86. The molecule has 0 spiro atoms. The molecule has 4 heteroatoms. The molecule has 78 valence electrons. The van der Waals surface area contributed by atoms with Gasteiger partial charge in [-0.3, -0.25) is 4.79 Å². The van der Waals surface area contributed by atoms with Gasteiger partial charge >= 0.3 is 0 Å². The monoisotopic (exact) mass is 187 g/mol. The third kappa shape index (κ3) is 7.74. The molecule has 0 aromatic carbocycles. The molecule has 4 nitrogen and oxygen atoms in total. The first-order valence-electron chi connectivity index (χ1n) is 4.79. The van der Waals surface area contributed by atoms with E-state index in [0.29, 0.717) is 6.54 Å². The highest BCUT2D eigenvalue weighted by molar-refractivity contribution is 5.79. The Morgan fingerprint density at radius 3 is 2.54 bits per heavy atom. The van der Waals surface area contributed by atoms with E-state index in [4.69, 9.17) is 11.5 Å². The highest BCUT2D eigenvalue weighted by Crippen LogP contribution is 2.01. The van der Waals surface area contributed by atoms with Gasteiger partial charge in [0.15, 0.2) is 0 Å². The van der Waals surface area contributed by atoms with Crippen molar-refractivity contribution in [2.75, 3.05) is 13.1 Å². The molecule has 1 unspecified atom stereocenters. The smallest absolute Gasteiger partial charge is 0.235 e.